The Morgan fingerprint density at radius 2 is 0.676 bits per heavy atom. The lowest BCUT2D eigenvalue weighted by Gasteiger charge is -2.11. The zero-order valence-corrected chi connectivity index (χ0v) is 20.5. The van der Waals surface area contributed by atoms with Gasteiger partial charge in [-0.2, -0.15) is 0 Å². The summed E-state index contributed by atoms with van der Waals surface area (Å²) in [6, 6.07) is 45.8. The van der Waals surface area contributed by atoms with E-state index < -0.39 is 0 Å². The molecule has 0 unspecified atom stereocenters. The van der Waals surface area contributed by atoms with Gasteiger partial charge in [-0.15, -0.1) is 0 Å². The average Bonchev–Trinajstić information content (AvgIpc) is 2.98. The van der Waals surface area contributed by atoms with Crippen molar-refractivity contribution in [2.75, 3.05) is 0 Å². The molecular weight excluding hydrogens is 450 g/mol. The third kappa shape index (κ3) is 4.93. The van der Waals surface area contributed by atoms with Crippen LogP contribution in [0, 0.1) is 6.92 Å². The molecule has 0 bridgehead atoms. The van der Waals surface area contributed by atoms with Crippen molar-refractivity contribution in [2.45, 2.75) is 6.92 Å². The van der Waals surface area contributed by atoms with E-state index in [0.29, 0.717) is 17.5 Å². The van der Waals surface area contributed by atoms with Gasteiger partial charge in [-0.1, -0.05) is 121 Å². The van der Waals surface area contributed by atoms with Crippen LogP contribution in [0.2, 0.25) is 0 Å². The van der Waals surface area contributed by atoms with Gasteiger partial charge in [0.1, 0.15) is 0 Å². The van der Waals surface area contributed by atoms with Gasteiger partial charge in [0.2, 0.25) is 0 Å². The van der Waals surface area contributed by atoms with Crippen molar-refractivity contribution < 1.29 is 0 Å². The summed E-state index contributed by atoms with van der Waals surface area (Å²) in [4.78, 5) is 14.8. The van der Waals surface area contributed by atoms with Crippen LogP contribution in [0.5, 0.6) is 0 Å². The van der Waals surface area contributed by atoms with Gasteiger partial charge < -0.3 is 0 Å². The van der Waals surface area contributed by atoms with E-state index in [1.54, 1.807) is 0 Å². The van der Waals surface area contributed by atoms with Crippen LogP contribution in [-0.4, -0.2) is 15.0 Å². The van der Waals surface area contributed by atoms with Gasteiger partial charge in [0.15, 0.2) is 17.5 Å². The third-order valence-electron chi connectivity index (χ3n) is 6.37. The predicted molar refractivity (Wildman–Crippen MR) is 152 cm³/mol. The quantitative estimate of drug-likeness (QED) is 0.251. The summed E-state index contributed by atoms with van der Waals surface area (Å²) >= 11 is 0. The maximum Gasteiger partial charge on any atom is 0.164 e. The Labute approximate surface area is 217 Å². The molecule has 0 radical (unpaired) electrons. The first kappa shape index (κ1) is 22.6. The van der Waals surface area contributed by atoms with E-state index in [1.165, 1.54) is 0 Å². The highest BCUT2D eigenvalue weighted by molar-refractivity contribution is 5.74. The summed E-state index contributed by atoms with van der Waals surface area (Å²) in [6.45, 7) is 2.08. The molecule has 0 saturated heterocycles. The molecule has 0 amide bonds. The molecule has 0 atom stereocenters. The zero-order chi connectivity index (χ0) is 25.0. The van der Waals surface area contributed by atoms with Crippen molar-refractivity contribution in [3.8, 4) is 56.4 Å². The van der Waals surface area contributed by atoms with Crippen molar-refractivity contribution in [1.29, 1.82) is 0 Å². The van der Waals surface area contributed by atoms with Crippen LogP contribution >= 0.6 is 0 Å². The number of benzene rings is 5. The normalized spacial score (nSPS) is 10.8. The Hall–Kier alpha value is -4.89. The van der Waals surface area contributed by atoms with Gasteiger partial charge >= 0.3 is 0 Å². The van der Waals surface area contributed by atoms with Gasteiger partial charge in [-0.25, -0.2) is 15.0 Å². The first-order valence-corrected chi connectivity index (χ1v) is 12.4. The maximum absolute atomic E-state index is 4.97. The minimum absolute atomic E-state index is 0.657. The number of aromatic nitrogens is 3. The van der Waals surface area contributed by atoms with Crippen molar-refractivity contribution >= 4 is 0 Å². The predicted octanol–water partition coefficient (Wildman–Crippen LogP) is 8.52. The fourth-order valence-electron chi connectivity index (χ4n) is 4.48. The Morgan fingerprint density at radius 3 is 1.11 bits per heavy atom. The van der Waals surface area contributed by atoms with Crippen molar-refractivity contribution in [3.05, 3.63) is 139 Å². The standard InChI is InChI=1S/C34H25N3/c1-24-11-8-18-29(21-24)32-35-33(30-19-9-16-27(22-30)25-12-4-2-5-13-25)37-34(36-32)31-20-10-17-28(23-31)26-14-6-3-7-15-26/h2-23H,1H3. The lowest BCUT2D eigenvalue weighted by atomic mass is 10.0. The molecule has 5 aromatic carbocycles. The second-order valence-corrected chi connectivity index (χ2v) is 9.07. The lowest BCUT2D eigenvalue weighted by Crippen LogP contribution is -2.00. The molecule has 0 aliphatic heterocycles. The van der Waals surface area contributed by atoms with Crippen molar-refractivity contribution in [2.24, 2.45) is 0 Å². The van der Waals surface area contributed by atoms with Crippen LogP contribution in [0.15, 0.2) is 133 Å². The molecule has 0 N–H and O–H groups in total. The van der Waals surface area contributed by atoms with Gasteiger partial charge in [0.25, 0.3) is 0 Å². The largest absolute Gasteiger partial charge is 0.208 e. The van der Waals surface area contributed by atoms with Gasteiger partial charge in [-0.3, -0.25) is 0 Å². The van der Waals surface area contributed by atoms with E-state index in [2.05, 4.69) is 122 Å². The van der Waals surface area contributed by atoms with Crippen LogP contribution in [0.4, 0.5) is 0 Å². The molecule has 3 heteroatoms. The Bertz CT molecular complexity index is 1570. The molecule has 0 fully saturated rings. The summed E-state index contributed by atoms with van der Waals surface area (Å²) in [5.74, 6) is 1.98. The molecule has 6 aromatic rings. The molecule has 1 aromatic heterocycles. The fourth-order valence-corrected chi connectivity index (χ4v) is 4.48. The number of hydrogen-bond donors (Lipinski definition) is 0. The molecule has 6 rings (SSSR count). The van der Waals surface area contributed by atoms with Crippen LogP contribution < -0.4 is 0 Å². The summed E-state index contributed by atoms with van der Waals surface area (Å²) in [6.07, 6.45) is 0. The Kier molecular flexibility index (Phi) is 6.10. The molecule has 0 aliphatic carbocycles. The van der Waals surface area contributed by atoms with E-state index in [1.807, 2.05) is 18.2 Å². The first-order chi connectivity index (χ1) is 18.2. The molecule has 0 saturated carbocycles. The zero-order valence-electron chi connectivity index (χ0n) is 20.5. The number of hydrogen-bond acceptors (Lipinski definition) is 3. The average molecular weight is 476 g/mol. The third-order valence-corrected chi connectivity index (χ3v) is 6.37. The number of rotatable bonds is 5. The smallest absolute Gasteiger partial charge is 0.164 e. The summed E-state index contributed by atoms with van der Waals surface area (Å²) in [7, 11) is 0. The first-order valence-electron chi connectivity index (χ1n) is 12.4. The molecule has 37 heavy (non-hydrogen) atoms. The maximum atomic E-state index is 4.97. The SMILES string of the molecule is Cc1cccc(-c2nc(-c3cccc(-c4ccccc4)c3)nc(-c3cccc(-c4ccccc4)c3)n2)c1. The van der Waals surface area contributed by atoms with Gasteiger partial charge in [-0.05, 0) is 47.4 Å². The van der Waals surface area contributed by atoms with Crippen LogP contribution in [0.3, 0.4) is 0 Å². The van der Waals surface area contributed by atoms with Crippen LogP contribution in [-0.2, 0) is 0 Å². The lowest BCUT2D eigenvalue weighted by molar-refractivity contribution is 1.07. The van der Waals surface area contributed by atoms with E-state index in [0.717, 1.165) is 44.5 Å². The summed E-state index contributed by atoms with van der Waals surface area (Å²) in [5.41, 5.74) is 8.63. The highest BCUT2D eigenvalue weighted by Crippen LogP contribution is 2.30. The fraction of sp³-hybridized carbons (Fsp3) is 0.0294. The van der Waals surface area contributed by atoms with Crippen molar-refractivity contribution in [3.63, 3.8) is 0 Å². The van der Waals surface area contributed by atoms with Crippen LogP contribution in [0.1, 0.15) is 5.56 Å². The minimum Gasteiger partial charge on any atom is -0.208 e. The molecule has 1 heterocycles. The molecule has 176 valence electrons. The summed E-state index contributed by atoms with van der Waals surface area (Å²) < 4.78 is 0. The number of nitrogens with zero attached hydrogens (tertiary/aromatic N) is 3. The molecular formula is C34H25N3. The Balaban J connectivity index is 1.51. The van der Waals surface area contributed by atoms with Crippen molar-refractivity contribution in [1.82, 2.24) is 15.0 Å². The highest BCUT2D eigenvalue weighted by atomic mass is 15.0. The minimum atomic E-state index is 0.657. The van der Waals surface area contributed by atoms with E-state index in [9.17, 15) is 0 Å². The van der Waals surface area contributed by atoms with Gasteiger partial charge in [0.05, 0.1) is 0 Å². The van der Waals surface area contributed by atoms with E-state index in [4.69, 9.17) is 15.0 Å². The topological polar surface area (TPSA) is 38.7 Å². The molecule has 3 nitrogen and oxygen atoms in total. The molecule has 0 spiro atoms. The second-order valence-electron chi connectivity index (χ2n) is 9.07. The second kappa shape index (κ2) is 10.00. The summed E-state index contributed by atoms with van der Waals surface area (Å²) in [5, 5.41) is 0. The van der Waals surface area contributed by atoms with Crippen LogP contribution in [0.25, 0.3) is 56.4 Å². The molecule has 0 aliphatic rings. The van der Waals surface area contributed by atoms with E-state index in [-0.39, 0.29) is 0 Å². The van der Waals surface area contributed by atoms with Gasteiger partial charge in [0, 0.05) is 16.7 Å². The van der Waals surface area contributed by atoms with E-state index >= 15 is 0 Å². The Morgan fingerprint density at radius 1 is 0.324 bits per heavy atom. The highest BCUT2D eigenvalue weighted by Gasteiger charge is 2.14. The monoisotopic (exact) mass is 475 g/mol. The number of aryl methyl sites for hydroxylation is 1.